The van der Waals surface area contributed by atoms with E-state index in [1.807, 2.05) is 30.3 Å². The number of thiazole rings is 1. The Kier molecular flexibility index (Phi) is 6.55. The number of ketones is 1. The topological polar surface area (TPSA) is 138 Å². The maximum Gasteiger partial charge on any atom is 0.255 e. The Morgan fingerprint density at radius 3 is 2.56 bits per heavy atom. The molecule has 0 saturated heterocycles. The number of ether oxygens (including phenoxy) is 1. The van der Waals surface area contributed by atoms with Gasteiger partial charge >= 0.3 is 0 Å². The van der Waals surface area contributed by atoms with Crippen LogP contribution in [0.2, 0.25) is 0 Å². The second-order valence-electron chi connectivity index (χ2n) is 7.27. The molecule has 0 radical (unpaired) electrons. The van der Waals surface area contributed by atoms with Gasteiger partial charge in [-0.2, -0.15) is 0 Å². The molecule has 1 atom stereocenters. The molecule has 1 unspecified atom stereocenters. The first-order chi connectivity index (χ1) is 16.3. The summed E-state index contributed by atoms with van der Waals surface area (Å²) in [6.45, 7) is 1.82. The van der Waals surface area contributed by atoms with E-state index in [1.165, 1.54) is 35.2 Å². The van der Waals surface area contributed by atoms with Crippen molar-refractivity contribution in [2.75, 3.05) is 10.6 Å². The molecule has 34 heavy (non-hydrogen) atoms. The minimum atomic E-state index is -0.845. The zero-order chi connectivity index (χ0) is 24.2. The highest BCUT2D eigenvalue weighted by Gasteiger charge is 2.28. The number of nitrogen functional groups attached to an aromatic ring is 1. The molecule has 4 N–H and O–H groups in total. The molecule has 9 nitrogen and oxygen atoms in total. The SMILES string of the molecule is CC(C(N)=O)N(c1ccc(F)cc1)c1nc(N)c(C(=O)c2cc(OCc3ccccc3)no2)s1. The number of anilines is 3. The van der Waals surface area contributed by atoms with Crippen LogP contribution in [0.25, 0.3) is 0 Å². The maximum atomic E-state index is 13.4. The van der Waals surface area contributed by atoms with Gasteiger partial charge in [0, 0.05) is 5.69 Å². The Morgan fingerprint density at radius 1 is 1.18 bits per heavy atom. The summed E-state index contributed by atoms with van der Waals surface area (Å²) in [5.41, 5.74) is 12.9. The molecule has 2 aromatic carbocycles. The van der Waals surface area contributed by atoms with Crippen molar-refractivity contribution < 1.29 is 23.2 Å². The average Bonchev–Trinajstić information content (AvgIpc) is 3.46. The molecule has 0 saturated carbocycles. The van der Waals surface area contributed by atoms with E-state index >= 15 is 0 Å². The number of benzene rings is 2. The van der Waals surface area contributed by atoms with Gasteiger partial charge in [0.1, 0.15) is 29.2 Å². The molecular formula is C23H20FN5O4S. The number of hydrogen-bond donors (Lipinski definition) is 2. The number of primary amides is 1. The molecule has 0 spiro atoms. The van der Waals surface area contributed by atoms with Crippen LogP contribution in [0.3, 0.4) is 0 Å². The van der Waals surface area contributed by atoms with E-state index in [0.717, 1.165) is 16.9 Å². The van der Waals surface area contributed by atoms with Crippen molar-refractivity contribution in [1.29, 1.82) is 0 Å². The highest BCUT2D eigenvalue weighted by atomic mass is 32.1. The minimum Gasteiger partial charge on any atom is -0.471 e. The summed E-state index contributed by atoms with van der Waals surface area (Å²) in [5.74, 6) is -1.62. The van der Waals surface area contributed by atoms with Gasteiger partial charge in [0.2, 0.25) is 17.5 Å². The number of nitrogens with zero attached hydrogens (tertiary/aromatic N) is 3. The summed E-state index contributed by atoms with van der Waals surface area (Å²) < 4.78 is 24.1. The molecule has 0 fully saturated rings. The van der Waals surface area contributed by atoms with Crippen molar-refractivity contribution in [3.05, 3.63) is 82.7 Å². The van der Waals surface area contributed by atoms with Crippen molar-refractivity contribution >= 4 is 39.7 Å². The van der Waals surface area contributed by atoms with Gasteiger partial charge in [0.15, 0.2) is 5.13 Å². The second-order valence-corrected chi connectivity index (χ2v) is 8.25. The van der Waals surface area contributed by atoms with E-state index < -0.39 is 23.5 Å². The quantitative estimate of drug-likeness (QED) is 0.345. The maximum absolute atomic E-state index is 13.4. The third-order valence-electron chi connectivity index (χ3n) is 4.90. The number of hydrogen-bond acceptors (Lipinski definition) is 9. The molecule has 0 aliphatic rings. The standard InChI is InChI=1S/C23H20FN5O4S/c1-13(22(26)31)29(16-9-7-15(24)8-10-16)23-27-21(25)20(34-23)19(30)17-11-18(28-33-17)32-12-14-5-3-2-4-6-14/h2-11,13H,12,25H2,1H3,(H2,26,31). The van der Waals surface area contributed by atoms with E-state index in [9.17, 15) is 14.0 Å². The van der Waals surface area contributed by atoms with E-state index in [-0.39, 0.29) is 34.1 Å². The molecule has 4 rings (SSSR count). The van der Waals surface area contributed by atoms with Gasteiger partial charge in [0.25, 0.3) is 5.88 Å². The number of carbonyl (C=O) groups is 2. The van der Waals surface area contributed by atoms with Crippen LogP contribution in [0.5, 0.6) is 5.88 Å². The Bertz CT molecular complexity index is 1310. The lowest BCUT2D eigenvalue weighted by atomic mass is 10.2. The number of nitrogens with two attached hydrogens (primary N) is 2. The fourth-order valence-electron chi connectivity index (χ4n) is 3.09. The lowest BCUT2D eigenvalue weighted by molar-refractivity contribution is -0.118. The van der Waals surface area contributed by atoms with Gasteiger partial charge in [-0.05, 0) is 41.9 Å². The molecule has 11 heteroatoms. The summed E-state index contributed by atoms with van der Waals surface area (Å²) in [6, 6.07) is 15.4. The van der Waals surface area contributed by atoms with Gasteiger partial charge < -0.3 is 25.6 Å². The van der Waals surface area contributed by atoms with Crippen molar-refractivity contribution in [3.63, 3.8) is 0 Å². The van der Waals surface area contributed by atoms with Gasteiger partial charge in [-0.3, -0.25) is 9.59 Å². The first-order valence-electron chi connectivity index (χ1n) is 10.1. The van der Waals surface area contributed by atoms with E-state index in [1.54, 1.807) is 6.92 Å². The van der Waals surface area contributed by atoms with Crippen molar-refractivity contribution in [2.24, 2.45) is 5.73 Å². The highest BCUT2D eigenvalue weighted by Crippen LogP contribution is 2.36. The van der Waals surface area contributed by atoms with Gasteiger partial charge in [0.05, 0.1) is 6.07 Å². The lowest BCUT2D eigenvalue weighted by Crippen LogP contribution is -2.39. The fourth-order valence-corrected chi connectivity index (χ4v) is 4.12. The zero-order valence-electron chi connectivity index (χ0n) is 18.0. The molecule has 0 bridgehead atoms. The van der Waals surface area contributed by atoms with Gasteiger partial charge in [-0.1, -0.05) is 41.7 Å². The average molecular weight is 482 g/mol. The molecular weight excluding hydrogens is 461 g/mol. The van der Waals surface area contributed by atoms with Crippen LogP contribution in [0.1, 0.15) is 27.9 Å². The van der Waals surface area contributed by atoms with Crippen molar-refractivity contribution in [3.8, 4) is 5.88 Å². The summed E-state index contributed by atoms with van der Waals surface area (Å²) in [5, 5.41) is 4.01. The van der Waals surface area contributed by atoms with Crippen LogP contribution in [-0.2, 0) is 11.4 Å². The minimum absolute atomic E-state index is 0.0584. The van der Waals surface area contributed by atoms with Gasteiger partial charge in [-0.15, -0.1) is 0 Å². The number of amides is 1. The number of rotatable bonds is 9. The molecule has 174 valence electrons. The Morgan fingerprint density at radius 2 is 1.88 bits per heavy atom. The second kappa shape index (κ2) is 9.71. The van der Waals surface area contributed by atoms with E-state index in [0.29, 0.717) is 5.69 Å². The zero-order valence-corrected chi connectivity index (χ0v) is 18.8. The van der Waals surface area contributed by atoms with Crippen molar-refractivity contribution in [2.45, 2.75) is 19.6 Å². The number of halogens is 1. The molecule has 2 heterocycles. The summed E-state index contributed by atoms with van der Waals surface area (Å²) in [7, 11) is 0. The predicted octanol–water partition coefficient (Wildman–Crippen LogP) is 3.67. The van der Waals surface area contributed by atoms with Crippen LogP contribution in [0.15, 0.2) is 65.2 Å². The molecule has 4 aromatic rings. The summed E-state index contributed by atoms with van der Waals surface area (Å²) in [4.78, 5) is 30.8. The van der Waals surface area contributed by atoms with Gasteiger partial charge in [-0.25, -0.2) is 9.37 Å². The summed E-state index contributed by atoms with van der Waals surface area (Å²) >= 11 is 0.945. The third-order valence-corrected chi connectivity index (χ3v) is 5.97. The van der Waals surface area contributed by atoms with Crippen LogP contribution in [0, 0.1) is 5.82 Å². The summed E-state index contributed by atoms with van der Waals surface area (Å²) in [6.07, 6.45) is 0. The van der Waals surface area contributed by atoms with Crippen LogP contribution in [-0.4, -0.2) is 27.9 Å². The Balaban J connectivity index is 1.57. The normalized spacial score (nSPS) is 11.7. The third kappa shape index (κ3) is 4.89. The Labute approximate surface area is 197 Å². The first-order valence-corrected chi connectivity index (χ1v) is 10.9. The number of aromatic nitrogens is 2. The lowest BCUT2D eigenvalue weighted by Gasteiger charge is -2.26. The van der Waals surface area contributed by atoms with Crippen LogP contribution < -0.4 is 21.1 Å². The van der Waals surface area contributed by atoms with Crippen LogP contribution >= 0.6 is 11.3 Å². The smallest absolute Gasteiger partial charge is 0.255 e. The predicted molar refractivity (Wildman–Crippen MR) is 124 cm³/mol. The van der Waals surface area contributed by atoms with E-state index in [4.69, 9.17) is 20.7 Å². The first kappa shape index (κ1) is 22.9. The highest BCUT2D eigenvalue weighted by molar-refractivity contribution is 7.18. The fraction of sp³-hybridized carbons (Fsp3) is 0.130. The largest absolute Gasteiger partial charge is 0.471 e. The Hall–Kier alpha value is -4.25. The van der Waals surface area contributed by atoms with Crippen LogP contribution in [0.4, 0.5) is 21.0 Å². The number of carbonyl (C=O) groups excluding carboxylic acids is 2. The molecule has 1 amide bonds. The van der Waals surface area contributed by atoms with Crippen molar-refractivity contribution in [1.82, 2.24) is 10.1 Å². The molecule has 0 aliphatic carbocycles. The van der Waals surface area contributed by atoms with E-state index in [2.05, 4.69) is 10.1 Å². The molecule has 2 aromatic heterocycles. The monoisotopic (exact) mass is 481 g/mol. The molecule has 0 aliphatic heterocycles.